The van der Waals surface area contributed by atoms with Crippen molar-refractivity contribution >= 4 is 63.5 Å². The van der Waals surface area contributed by atoms with Crippen LogP contribution in [-0.2, 0) is 20.9 Å². The van der Waals surface area contributed by atoms with Gasteiger partial charge in [0.05, 0.1) is 47.8 Å². The summed E-state index contributed by atoms with van der Waals surface area (Å²) in [7, 11) is 1.52. The lowest BCUT2D eigenvalue weighted by Crippen LogP contribution is -2.59. The number of amides is 3. The Balaban J connectivity index is 0.748. The van der Waals surface area contributed by atoms with Crippen LogP contribution in [0.25, 0.3) is 10.9 Å². The van der Waals surface area contributed by atoms with Crippen molar-refractivity contribution in [3.05, 3.63) is 69.2 Å². The Kier molecular flexibility index (Phi) is 12.4. The molecule has 1 aliphatic carbocycles. The Labute approximate surface area is 376 Å². The predicted octanol–water partition coefficient (Wildman–Crippen LogP) is 3.57. The number of nitrogens with zero attached hydrogens (tertiary/aromatic N) is 8. The van der Waals surface area contributed by atoms with E-state index >= 15 is 0 Å². The van der Waals surface area contributed by atoms with E-state index in [9.17, 15) is 24.3 Å². The molecule has 4 aliphatic heterocycles. The molecule has 9 rings (SSSR count). The number of likely N-dealkylation sites (N-methyl/N-ethyl adjacent to an activating group) is 1. The van der Waals surface area contributed by atoms with E-state index < -0.39 is 12.3 Å². The molecule has 19 heteroatoms. The molecule has 2 unspecified atom stereocenters. The van der Waals surface area contributed by atoms with E-state index in [1.165, 1.54) is 7.05 Å². The van der Waals surface area contributed by atoms with E-state index in [0.717, 1.165) is 80.8 Å². The lowest BCUT2D eigenvalue weighted by atomic mass is 9.86. The topological polar surface area (TPSA) is 200 Å². The van der Waals surface area contributed by atoms with Crippen molar-refractivity contribution in [3.63, 3.8) is 0 Å². The van der Waals surface area contributed by atoms with Gasteiger partial charge >= 0.3 is 0 Å². The maximum atomic E-state index is 13.3. The van der Waals surface area contributed by atoms with Gasteiger partial charge in [0.15, 0.2) is 18.2 Å². The number of piperazine rings is 1. The average molecular weight is 898 g/mol. The van der Waals surface area contributed by atoms with Crippen LogP contribution >= 0.6 is 11.6 Å². The van der Waals surface area contributed by atoms with Gasteiger partial charge in [-0.3, -0.25) is 24.1 Å². The number of benzene rings is 1. The largest absolute Gasteiger partial charge is 0.478 e. The van der Waals surface area contributed by atoms with Crippen LogP contribution in [0.15, 0.2) is 47.4 Å². The van der Waals surface area contributed by atoms with Crippen molar-refractivity contribution in [1.29, 1.82) is 0 Å². The fourth-order valence-electron chi connectivity index (χ4n) is 9.75. The highest BCUT2D eigenvalue weighted by Crippen LogP contribution is 2.35. The summed E-state index contributed by atoms with van der Waals surface area (Å²) in [6, 6.07) is 11.2. The van der Waals surface area contributed by atoms with Crippen molar-refractivity contribution in [1.82, 2.24) is 40.0 Å². The van der Waals surface area contributed by atoms with Gasteiger partial charge in [-0.15, -0.1) is 0 Å². The lowest BCUT2D eigenvalue weighted by molar-refractivity contribution is -0.129. The molecule has 64 heavy (non-hydrogen) atoms. The predicted molar refractivity (Wildman–Crippen MR) is 241 cm³/mol. The molecule has 1 aromatic carbocycles. The summed E-state index contributed by atoms with van der Waals surface area (Å²) >= 11 is 6.61. The molecular weight excluding hydrogens is 842 g/mol. The number of aliphatic hydroxyl groups excluding tert-OH is 1. The number of piperidine rings is 2. The summed E-state index contributed by atoms with van der Waals surface area (Å²) in [4.78, 5) is 73.1. The third-order valence-corrected chi connectivity index (χ3v) is 13.6. The number of pyridine rings is 2. The number of aliphatic hydroxyl groups is 1. The molecule has 5 aliphatic rings. The monoisotopic (exact) mass is 897 g/mol. The molecular formula is C45H56ClN11O7. The first kappa shape index (κ1) is 43.7. The number of nitrogens with one attached hydrogen (secondary N) is 3. The van der Waals surface area contributed by atoms with E-state index in [-0.39, 0.29) is 66.3 Å². The maximum Gasteiger partial charge on any atom is 0.293 e. The number of hydrogen-bond donors (Lipinski definition) is 4. The smallest absolute Gasteiger partial charge is 0.293 e. The summed E-state index contributed by atoms with van der Waals surface area (Å²) in [5.41, 5.74) is 2.43. The molecule has 4 N–H and O–H groups in total. The molecule has 3 amide bonds. The number of carbonyl (C=O) groups excluding carboxylic acids is 3. The molecule has 18 nitrogen and oxygen atoms in total. The average Bonchev–Trinajstić information content (AvgIpc) is 3.59. The number of fused-ring (bicyclic) bond motifs is 2. The molecule has 4 aromatic rings. The Bertz CT molecular complexity index is 2490. The van der Waals surface area contributed by atoms with Gasteiger partial charge in [0.25, 0.3) is 17.4 Å². The number of carbonyl (C=O) groups is 3. The van der Waals surface area contributed by atoms with Crippen LogP contribution in [0.5, 0.6) is 5.75 Å². The van der Waals surface area contributed by atoms with Gasteiger partial charge in [-0.1, -0.05) is 11.6 Å². The van der Waals surface area contributed by atoms with Gasteiger partial charge in [-0.2, -0.15) is 4.98 Å². The number of aromatic nitrogens is 4. The zero-order chi connectivity index (χ0) is 44.8. The van der Waals surface area contributed by atoms with Gasteiger partial charge in [-0.25, -0.2) is 9.97 Å². The van der Waals surface area contributed by atoms with E-state index in [1.54, 1.807) is 21.7 Å². The van der Waals surface area contributed by atoms with Gasteiger partial charge < -0.3 is 49.8 Å². The fourth-order valence-corrected chi connectivity index (χ4v) is 9.89. The van der Waals surface area contributed by atoms with Crippen molar-refractivity contribution in [2.45, 2.75) is 108 Å². The van der Waals surface area contributed by atoms with Gasteiger partial charge in [0.1, 0.15) is 17.1 Å². The highest BCUT2D eigenvalue weighted by molar-refractivity contribution is 6.33. The van der Waals surface area contributed by atoms with Gasteiger partial charge in [0, 0.05) is 75.4 Å². The minimum Gasteiger partial charge on any atom is -0.478 e. The SMILES string of the molecule is CNC(=O)COc1cc2cc(Nc3nc(N4CCC(OC5CC(N6CCN(c7ccc8c(n7)CN(C7CCC(=O)NC7O)C8=O)[C@H](C)C6)C5)CC4)ncc3Cl)ccc2n(C(C)C)c1=O. The Morgan fingerprint density at radius 2 is 1.80 bits per heavy atom. The van der Waals surface area contributed by atoms with Crippen LogP contribution in [-0.4, -0.2) is 135 Å². The number of ether oxygens (including phenoxy) is 2. The second-order valence-electron chi connectivity index (χ2n) is 17.8. The minimum absolute atomic E-state index is 0.0933. The van der Waals surface area contributed by atoms with Crippen molar-refractivity contribution in [2.75, 3.05) is 61.5 Å². The van der Waals surface area contributed by atoms with Crippen LogP contribution in [0.4, 0.5) is 23.3 Å². The summed E-state index contributed by atoms with van der Waals surface area (Å²) in [6.45, 7) is 10.3. The van der Waals surface area contributed by atoms with Crippen LogP contribution in [0.3, 0.4) is 0 Å². The molecule has 7 heterocycles. The number of anilines is 4. The molecule has 0 spiro atoms. The molecule has 0 radical (unpaired) electrons. The highest BCUT2D eigenvalue weighted by Gasteiger charge is 2.42. The second-order valence-corrected chi connectivity index (χ2v) is 18.2. The Hall–Kier alpha value is -5.56. The first-order chi connectivity index (χ1) is 30.8. The Morgan fingerprint density at radius 1 is 1.00 bits per heavy atom. The molecule has 3 aromatic heterocycles. The number of rotatable bonds is 12. The number of hydrogen-bond acceptors (Lipinski definition) is 14. The summed E-state index contributed by atoms with van der Waals surface area (Å²) in [6.07, 6.45) is 5.41. The van der Waals surface area contributed by atoms with E-state index in [0.29, 0.717) is 47.0 Å². The molecule has 4 fully saturated rings. The summed E-state index contributed by atoms with van der Waals surface area (Å²) in [5.74, 6) is 1.33. The van der Waals surface area contributed by atoms with Crippen molar-refractivity contribution in [2.24, 2.45) is 0 Å². The van der Waals surface area contributed by atoms with Crippen LogP contribution < -0.4 is 36.0 Å². The lowest BCUT2D eigenvalue weighted by Gasteiger charge is -2.49. The van der Waals surface area contributed by atoms with Gasteiger partial charge in [-0.05, 0) is 89.3 Å². The second kappa shape index (κ2) is 18.1. The molecule has 1 saturated carbocycles. The van der Waals surface area contributed by atoms with E-state index in [4.69, 9.17) is 31.0 Å². The van der Waals surface area contributed by atoms with Crippen LogP contribution in [0.2, 0.25) is 5.02 Å². The quantitative estimate of drug-likeness (QED) is 0.161. The number of halogens is 1. The first-order valence-corrected chi connectivity index (χ1v) is 22.7. The van der Waals surface area contributed by atoms with Crippen molar-refractivity contribution < 1.29 is 29.0 Å². The highest BCUT2D eigenvalue weighted by atomic mass is 35.5. The zero-order valence-electron chi connectivity index (χ0n) is 36.6. The minimum atomic E-state index is -1.08. The third-order valence-electron chi connectivity index (χ3n) is 13.3. The molecule has 3 atom stereocenters. The van der Waals surface area contributed by atoms with E-state index in [2.05, 4.69) is 42.6 Å². The first-order valence-electron chi connectivity index (χ1n) is 22.3. The molecule has 0 bridgehead atoms. The normalized spacial score (nSPS) is 24.2. The summed E-state index contributed by atoms with van der Waals surface area (Å²) < 4.78 is 13.9. The Morgan fingerprint density at radius 3 is 2.53 bits per heavy atom. The van der Waals surface area contributed by atoms with E-state index in [1.807, 2.05) is 44.2 Å². The third kappa shape index (κ3) is 8.80. The van der Waals surface area contributed by atoms with Crippen LogP contribution in [0.1, 0.15) is 81.4 Å². The molecule has 3 saturated heterocycles. The maximum absolute atomic E-state index is 13.3. The summed E-state index contributed by atoms with van der Waals surface area (Å²) in [5, 5.41) is 20.0. The zero-order valence-corrected chi connectivity index (χ0v) is 37.4. The fraction of sp³-hybridized carbons (Fsp3) is 0.533. The van der Waals surface area contributed by atoms with Crippen molar-refractivity contribution in [3.8, 4) is 5.75 Å². The van der Waals surface area contributed by atoms with Gasteiger partial charge in [0.2, 0.25) is 11.9 Å². The van der Waals surface area contributed by atoms with Crippen LogP contribution in [0, 0.1) is 0 Å². The standard InChI is InChI=1S/C45H56ClN11O7/c1-25(2)57-35-7-5-28(17-27(35)18-37(44(57)62)63-24-40(59)47-4)49-41-33(46)21-48-45(52-41)53-13-11-30(12-14-53)64-31-19-29(20-31)54-15-16-55(26(3)22-54)38-9-6-32-34(50-38)23-56(43(32)61)36-8-10-39(58)51-42(36)60/h5-7,9,17-18,21,25-26,29-31,36,42,60H,8,10-16,19-20,22-24H2,1-4H3,(H,47,59)(H,51,58)(H,48,49,52)/t26-,29?,31?,36?,42?/m1/s1. The molecule has 340 valence electrons.